The summed E-state index contributed by atoms with van der Waals surface area (Å²) in [4.78, 5) is 4.61. The van der Waals surface area contributed by atoms with Gasteiger partial charge in [0.1, 0.15) is 17.2 Å². The molecule has 0 spiro atoms. The number of hydrogen-bond donors (Lipinski definition) is 1. The Kier molecular flexibility index (Phi) is 6.95. The van der Waals surface area contributed by atoms with Crippen LogP contribution >= 0.6 is 12.2 Å². The van der Waals surface area contributed by atoms with Crippen LogP contribution in [0.25, 0.3) is 0 Å². The van der Waals surface area contributed by atoms with Crippen LogP contribution in [0.15, 0.2) is 42.5 Å². The van der Waals surface area contributed by atoms with Gasteiger partial charge in [0.05, 0.1) is 21.3 Å². The van der Waals surface area contributed by atoms with Gasteiger partial charge >= 0.3 is 0 Å². The molecule has 1 fully saturated rings. The Morgan fingerprint density at radius 3 is 2.32 bits per heavy atom. The van der Waals surface area contributed by atoms with Crippen molar-refractivity contribution < 1.29 is 14.2 Å². The van der Waals surface area contributed by atoms with Crippen LogP contribution in [0.3, 0.4) is 0 Å². The lowest BCUT2D eigenvalue weighted by molar-refractivity contribution is 0.175. The van der Waals surface area contributed by atoms with Crippen molar-refractivity contribution in [2.75, 3.05) is 52.8 Å². The Morgan fingerprint density at radius 1 is 0.929 bits per heavy atom. The highest BCUT2D eigenvalue weighted by molar-refractivity contribution is 7.80. The van der Waals surface area contributed by atoms with Crippen LogP contribution in [0.5, 0.6) is 17.2 Å². The maximum atomic E-state index is 5.60. The molecule has 1 N–H and O–H groups in total. The van der Waals surface area contributed by atoms with Crippen LogP contribution in [0.1, 0.15) is 5.56 Å². The molecule has 0 saturated carbocycles. The maximum absolute atomic E-state index is 5.60. The molecule has 1 saturated heterocycles. The van der Waals surface area contributed by atoms with E-state index in [4.69, 9.17) is 26.4 Å². The summed E-state index contributed by atoms with van der Waals surface area (Å²) >= 11 is 5.60. The molecule has 0 aromatic heterocycles. The van der Waals surface area contributed by atoms with Crippen molar-refractivity contribution in [2.24, 2.45) is 0 Å². The topological polar surface area (TPSA) is 46.2 Å². The van der Waals surface area contributed by atoms with Gasteiger partial charge in [0.2, 0.25) is 0 Å². The molecule has 3 rings (SSSR count). The fourth-order valence-electron chi connectivity index (χ4n) is 3.26. The number of anilines is 1. The van der Waals surface area contributed by atoms with Crippen molar-refractivity contribution in [1.82, 2.24) is 9.80 Å². The van der Waals surface area contributed by atoms with Crippen molar-refractivity contribution >= 4 is 23.0 Å². The van der Waals surface area contributed by atoms with E-state index in [0.717, 1.165) is 66.3 Å². The summed E-state index contributed by atoms with van der Waals surface area (Å²) in [5.74, 6) is 2.54. The molecule has 150 valence electrons. The first-order valence-electron chi connectivity index (χ1n) is 9.26. The van der Waals surface area contributed by atoms with Gasteiger partial charge in [-0.3, -0.25) is 4.90 Å². The van der Waals surface area contributed by atoms with Gasteiger partial charge in [0, 0.05) is 50.0 Å². The van der Waals surface area contributed by atoms with Crippen LogP contribution in [-0.2, 0) is 6.54 Å². The van der Waals surface area contributed by atoms with E-state index < -0.39 is 0 Å². The van der Waals surface area contributed by atoms with Gasteiger partial charge in [0.15, 0.2) is 5.11 Å². The number of thiocarbonyl (C=S) groups is 1. The van der Waals surface area contributed by atoms with Crippen LogP contribution < -0.4 is 19.5 Å². The minimum Gasteiger partial charge on any atom is -0.497 e. The fourth-order valence-corrected chi connectivity index (χ4v) is 3.56. The summed E-state index contributed by atoms with van der Waals surface area (Å²) in [5.41, 5.74) is 2.07. The number of hydrogen-bond acceptors (Lipinski definition) is 5. The molecule has 0 aliphatic carbocycles. The van der Waals surface area contributed by atoms with Crippen LogP contribution in [0, 0.1) is 0 Å². The normalized spacial score (nSPS) is 14.5. The van der Waals surface area contributed by atoms with E-state index in [1.165, 1.54) is 0 Å². The number of piperazine rings is 1. The zero-order chi connectivity index (χ0) is 19.9. The summed E-state index contributed by atoms with van der Waals surface area (Å²) < 4.78 is 16.1. The molecule has 28 heavy (non-hydrogen) atoms. The molecule has 1 heterocycles. The average molecular weight is 402 g/mol. The highest BCUT2D eigenvalue weighted by Crippen LogP contribution is 2.25. The first kappa shape index (κ1) is 20.2. The van der Waals surface area contributed by atoms with Crippen molar-refractivity contribution in [2.45, 2.75) is 6.54 Å². The second kappa shape index (κ2) is 9.61. The molecule has 6 nitrogen and oxygen atoms in total. The monoisotopic (exact) mass is 401 g/mol. The third-order valence-corrected chi connectivity index (χ3v) is 5.22. The molecule has 1 aliphatic rings. The molecule has 2 aromatic carbocycles. The summed E-state index contributed by atoms with van der Waals surface area (Å²) in [5, 5.41) is 4.05. The summed E-state index contributed by atoms with van der Waals surface area (Å²) in [6.07, 6.45) is 0. The highest BCUT2D eigenvalue weighted by atomic mass is 32.1. The number of nitrogens with zero attached hydrogens (tertiary/aromatic N) is 2. The number of ether oxygens (including phenoxy) is 3. The average Bonchev–Trinajstić information content (AvgIpc) is 2.74. The molecule has 0 bridgehead atoms. The highest BCUT2D eigenvalue weighted by Gasteiger charge is 2.20. The lowest BCUT2D eigenvalue weighted by atomic mass is 10.1. The van der Waals surface area contributed by atoms with Gasteiger partial charge in [-0.2, -0.15) is 0 Å². The third-order valence-electron chi connectivity index (χ3n) is 4.86. The lowest BCUT2D eigenvalue weighted by Gasteiger charge is -2.36. The summed E-state index contributed by atoms with van der Waals surface area (Å²) in [6.45, 7) is 4.44. The zero-order valence-corrected chi connectivity index (χ0v) is 17.4. The number of methoxy groups -OCH3 is 3. The van der Waals surface area contributed by atoms with Gasteiger partial charge in [-0.25, -0.2) is 0 Å². The molecule has 0 atom stereocenters. The Hall–Kier alpha value is -2.51. The van der Waals surface area contributed by atoms with E-state index in [9.17, 15) is 0 Å². The Bertz CT molecular complexity index is 807. The van der Waals surface area contributed by atoms with Crippen molar-refractivity contribution in [3.8, 4) is 17.2 Å². The van der Waals surface area contributed by atoms with Crippen molar-refractivity contribution in [3.05, 3.63) is 48.0 Å². The smallest absolute Gasteiger partial charge is 0.173 e. The zero-order valence-electron chi connectivity index (χ0n) is 16.6. The Labute approximate surface area is 172 Å². The second-order valence-corrected chi connectivity index (χ2v) is 6.99. The van der Waals surface area contributed by atoms with Crippen molar-refractivity contribution in [1.29, 1.82) is 0 Å². The molecular weight excluding hydrogens is 374 g/mol. The van der Waals surface area contributed by atoms with Crippen LogP contribution in [0.2, 0.25) is 0 Å². The molecule has 0 radical (unpaired) electrons. The van der Waals surface area contributed by atoms with E-state index in [1.54, 1.807) is 21.3 Å². The van der Waals surface area contributed by atoms with Gasteiger partial charge in [-0.15, -0.1) is 0 Å². The minimum absolute atomic E-state index is 0.742. The molecular formula is C21H27N3O3S. The molecule has 0 amide bonds. The first-order valence-corrected chi connectivity index (χ1v) is 9.67. The largest absolute Gasteiger partial charge is 0.497 e. The predicted octanol–water partition coefficient (Wildman–Crippen LogP) is 3.23. The predicted molar refractivity (Wildman–Crippen MR) is 116 cm³/mol. The van der Waals surface area contributed by atoms with Crippen LogP contribution in [0.4, 0.5) is 5.69 Å². The van der Waals surface area contributed by atoms with E-state index in [-0.39, 0.29) is 0 Å². The van der Waals surface area contributed by atoms with Crippen LogP contribution in [-0.4, -0.2) is 62.4 Å². The third kappa shape index (κ3) is 5.05. The maximum Gasteiger partial charge on any atom is 0.173 e. The Morgan fingerprint density at radius 2 is 1.64 bits per heavy atom. The quantitative estimate of drug-likeness (QED) is 0.746. The number of rotatable bonds is 6. The molecule has 0 unspecified atom stereocenters. The van der Waals surface area contributed by atoms with E-state index in [2.05, 4.69) is 15.1 Å². The minimum atomic E-state index is 0.742. The van der Waals surface area contributed by atoms with Gasteiger partial charge in [-0.05, 0) is 42.5 Å². The molecule has 7 heteroatoms. The second-order valence-electron chi connectivity index (χ2n) is 6.60. The van der Waals surface area contributed by atoms with E-state index in [0.29, 0.717) is 0 Å². The van der Waals surface area contributed by atoms with E-state index >= 15 is 0 Å². The summed E-state index contributed by atoms with van der Waals surface area (Å²) in [6, 6.07) is 13.7. The van der Waals surface area contributed by atoms with Crippen molar-refractivity contribution in [3.63, 3.8) is 0 Å². The van der Waals surface area contributed by atoms with Gasteiger partial charge in [-0.1, -0.05) is 6.07 Å². The SMILES string of the molecule is COc1cccc(NC(=S)N2CCN(Cc3cc(OC)ccc3OC)CC2)c1. The first-order chi connectivity index (χ1) is 13.6. The number of benzene rings is 2. The molecule has 2 aromatic rings. The van der Waals surface area contributed by atoms with Gasteiger partial charge < -0.3 is 24.4 Å². The summed E-state index contributed by atoms with van der Waals surface area (Å²) in [7, 11) is 5.04. The number of nitrogens with one attached hydrogen (secondary N) is 1. The lowest BCUT2D eigenvalue weighted by Crippen LogP contribution is -2.49. The van der Waals surface area contributed by atoms with Gasteiger partial charge in [0.25, 0.3) is 0 Å². The van der Waals surface area contributed by atoms with E-state index in [1.807, 2.05) is 42.5 Å². The Balaban J connectivity index is 1.55. The fraction of sp³-hybridized carbons (Fsp3) is 0.381. The molecule has 1 aliphatic heterocycles. The standard InChI is InChI=1S/C21H27N3O3S/c1-25-18-6-4-5-17(14-18)22-21(28)24-11-9-23(10-12-24)15-16-13-19(26-2)7-8-20(16)27-3/h4-8,13-14H,9-12,15H2,1-3H3,(H,22,28).